The maximum atomic E-state index is 12.6. The van der Waals surface area contributed by atoms with Crippen LogP contribution in [0.5, 0.6) is 0 Å². The van der Waals surface area contributed by atoms with Crippen molar-refractivity contribution in [3.05, 3.63) is 35.4 Å². The summed E-state index contributed by atoms with van der Waals surface area (Å²) >= 11 is 0. The summed E-state index contributed by atoms with van der Waals surface area (Å²) < 4.78 is 0. The van der Waals surface area contributed by atoms with Gasteiger partial charge < -0.3 is 15.3 Å². The van der Waals surface area contributed by atoms with Gasteiger partial charge in [-0.1, -0.05) is 32.0 Å². The second-order valence-electron chi connectivity index (χ2n) is 6.24. The highest BCUT2D eigenvalue weighted by Crippen LogP contribution is 2.15. The molecule has 2 N–H and O–H groups in total. The first-order valence-electron chi connectivity index (χ1n) is 7.73. The van der Waals surface area contributed by atoms with Gasteiger partial charge in [-0.05, 0) is 30.9 Å². The third kappa shape index (κ3) is 3.65. The first kappa shape index (κ1) is 16.5. The third-order valence-electron chi connectivity index (χ3n) is 4.08. The Morgan fingerprint density at radius 2 is 2.00 bits per heavy atom. The molecule has 1 aliphatic heterocycles. The SMILES string of the molecule is Cc1ccccc1C(=O)NC(C(=O)N1CC[C@@H](O)C1)C(C)C. The molecule has 2 atom stereocenters. The molecule has 1 heterocycles. The van der Waals surface area contributed by atoms with E-state index in [1.165, 1.54) is 0 Å². The molecule has 1 fully saturated rings. The summed E-state index contributed by atoms with van der Waals surface area (Å²) in [5.41, 5.74) is 1.47. The van der Waals surface area contributed by atoms with Gasteiger partial charge in [-0.3, -0.25) is 9.59 Å². The fourth-order valence-corrected chi connectivity index (χ4v) is 2.70. The van der Waals surface area contributed by atoms with E-state index in [0.717, 1.165) is 5.56 Å². The Morgan fingerprint density at radius 3 is 2.55 bits per heavy atom. The van der Waals surface area contributed by atoms with Crippen LogP contribution in [0.15, 0.2) is 24.3 Å². The zero-order valence-electron chi connectivity index (χ0n) is 13.4. The van der Waals surface area contributed by atoms with Crippen molar-refractivity contribution >= 4 is 11.8 Å². The number of benzene rings is 1. The third-order valence-corrected chi connectivity index (χ3v) is 4.08. The van der Waals surface area contributed by atoms with Crippen LogP contribution in [0.3, 0.4) is 0 Å². The Morgan fingerprint density at radius 1 is 1.32 bits per heavy atom. The van der Waals surface area contributed by atoms with Crippen molar-refractivity contribution < 1.29 is 14.7 Å². The number of amides is 2. The summed E-state index contributed by atoms with van der Waals surface area (Å²) in [5.74, 6) is -0.364. The average molecular weight is 304 g/mol. The van der Waals surface area contributed by atoms with E-state index in [1.807, 2.05) is 39.0 Å². The Kier molecular flexibility index (Phi) is 5.19. The predicted octanol–water partition coefficient (Wildman–Crippen LogP) is 1.34. The van der Waals surface area contributed by atoms with Crippen LogP contribution in [0.4, 0.5) is 0 Å². The average Bonchev–Trinajstić information content (AvgIpc) is 2.90. The highest BCUT2D eigenvalue weighted by Gasteiger charge is 2.32. The van der Waals surface area contributed by atoms with Crippen LogP contribution < -0.4 is 5.32 Å². The number of aliphatic hydroxyl groups excluding tert-OH is 1. The zero-order valence-corrected chi connectivity index (χ0v) is 13.4. The van der Waals surface area contributed by atoms with E-state index in [2.05, 4.69) is 5.32 Å². The zero-order chi connectivity index (χ0) is 16.3. The van der Waals surface area contributed by atoms with Gasteiger partial charge in [-0.15, -0.1) is 0 Å². The normalized spacial score (nSPS) is 19.3. The van der Waals surface area contributed by atoms with Gasteiger partial charge in [0.1, 0.15) is 6.04 Å². The first-order chi connectivity index (χ1) is 10.4. The molecule has 0 radical (unpaired) electrons. The second-order valence-corrected chi connectivity index (χ2v) is 6.24. The summed E-state index contributed by atoms with van der Waals surface area (Å²) in [4.78, 5) is 26.6. The molecule has 1 unspecified atom stereocenters. The van der Waals surface area contributed by atoms with E-state index in [9.17, 15) is 14.7 Å². The van der Waals surface area contributed by atoms with E-state index < -0.39 is 12.1 Å². The fraction of sp³-hybridized carbons (Fsp3) is 0.529. The number of carbonyl (C=O) groups is 2. The Bertz CT molecular complexity index is 557. The number of aliphatic hydroxyl groups is 1. The molecule has 0 aromatic heterocycles. The molecule has 1 saturated heterocycles. The summed E-state index contributed by atoms with van der Waals surface area (Å²) in [6.07, 6.45) is 0.145. The number of rotatable bonds is 4. The molecule has 0 bridgehead atoms. The minimum absolute atomic E-state index is 0.0155. The molecular weight excluding hydrogens is 280 g/mol. The lowest BCUT2D eigenvalue weighted by Crippen LogP contribution is -2.50. The maximum absolute atomic E-state index is 12.6. The number of likely N-dealkylation sites (tertiary alicyclic amines) is 1. The van der Waals surface area contributed by atoms with Gasteiger partial charge in [-0.25, -0.2) is 0 Å². The molecular formula is C17H24N2O3. The van der Waals surface area contributed by atoms with Crippen LogP contribution in [0.1, 0.15) is 36.2 Å². The number of aryl methyl sites for hydroxylation is 1. The minimum atomic E-state index is -0.572. The van der Waals surface area contributed by atoms with Crippen LogP contribution >= 0.6 is 0 Å². The highest BCUT2D eigenvalue weighted by atomic mass is 16.3. The topological polar surface area (TPSA) is 69.6 Å². The van der Waals surface area contributed by atoms with Crippen molar-refractivity contribution in [2.24, 2.45) is 5.92 Å². The van der Waals surface area contributed by atoms with Crippen LogP contribution in [0.2, 0.25) is 0 Å². The molecule has 0 aliphatic carbocycles. The van der Waals surface area contributed by atoms with Gasteiger partial charge >= 0.3 is 0 Å². The van der Waals surface area contributed by atoms with Gasteiger partial charge in [0.15, 0.2) is 0 Å². The monoisotopic (exact) mass is 304 g/mol. The lowest BCUT2D eigenvalue weighted by molar-refractivity contribution is -0.133. The number of carbonyl (C=O) groups excluding carboxylic acids is 2. The van der Waals surface area contributed by atoms with Crippen molar-refractivity contribution in [2.45, 2.75) is 39.3 Å². The van der Waals surface area contributed by atoms with Crippen LogP contribution in [-0.2, 0) is 4.79 Å². The van der Waals surface area contributed by atoms with E-state index in [-0.39, 0.29) is 17.7 Å². The van der Waals surface area contributed by atoms with Gasteiger partial charge in [0.25, 0.3) is 5.91 Å². The number of nitrogens with zero attached hydrogens (tertiary/aromatic N) is 1. The molecule has 5 nitrogen and oxygen atoms in total. The number of β-amino-alcohol motifs (C(OH)–C–C–N with tert-alkyl or cyclic N) is 1. The van der Waals surface area contributed by atoms with Crippen LogP contribution in [0, 0.1) is 12.8 Å². The molecule has 2 amide bonds. The van der Waals surface area contributed by atoms with Gasteiger partial charge in [0.2, 0.25) is 5.91 Å². The van der Waals surface area contributed by atoms with Gasteiger partial charge in [0, 0.05) is 18.7 Å². The maximum Gasteiger partial charge on any atom is 0.252 e. The number of hydrogen-bond acceptors (Lipinski definition) is 3. The highest BCUT2D eigenvalue weighted by molar-refractivity contribution is 5.98. The predicted molar refractivity (Wildman–Crippen MR) is 84.5 cm³/mol. The quantitative estimate of drug-likeness (QED) is 0.882. The molecule has 0 spiro atoms. The molecule has 2 rings (SSSR count). The first-order valence-corrected chi connectivity index (χ1v) is 7.73. The Labute approximate surface area is 131 Å². The smallest absolute Gasteiger partial charge is 0.252 e. The summed E-state index contributed by atoms with van der Waals surface area (Å²) in [5, 5.41) is 12.4. The largest absolute Gasteiger partial charge is 0.391 e. The molecule has 1 aliphatic rings. The molecule has 0 saturated carbocycles. The van der Waals surface area contributed by atoms with Crippen molar-refractivity contribution in [1.82, 2.24) is 10.2 Å². The lowest BCUT2D eigenvalue weighted by atomic mass is 10.0. The van der Waals surface area contributed by atoms with Crippen LogP contribution in [-0.4, -0.2) is 47.1 Å². The summed E-state index contributed by atoms with van der Waals surface area (Å²) in [6.45, 7) is 6.59. The van der Waals surface area contributed by atoms with Crippen molar-refractivity contribution in [2.75, 3.05) is 13.1 Å². The number of nitrogens with one attached hydrogen (secondary N) is 1. The van der Waals surface area contributed by atoms with E-state index >= 15 is 0 Å². The number of hydrogen-bond donors (Lipinski definition) is 2. The Balaban J connectivity index is 2.10. The van der Waals surface area contributed by atoms with Crippen molar-refractivity contribution in [3.8, 4) is 0 Å². The minimum Gasteiger partial charge on any atom is -0.391 e. The lowest BCUT2D eigenvalue weighted by Gasteiger charge is -2.27. The molecule has 1 aromatic carbocycles. The van der Waals surface area contributed by atoms with Crippen LogP contribution in [0.25, 0.3) is 0 Å². The van der Waals surface area contributed by atoms with Gasteiger partial charge in [-0.2, -0.15) is 0 Å². The second kappa shape index (κ2) is 6.92. The molecule has 1 aromatic rings. The van der Waals surface area contributed by atoms with Crippen molar-refractivity contribution in [1.29, 1.82) is 0 Å². The van der Waals surface area contributed by atoms with E-state index in [0.29, 0.717) is 25.1 Å². The van der Waals surface area contributed by atoms with E-state index in [1.54, 1.807) is 11.0 Å². The molecule has 5 heteroatoms. The van der Waals surface area contributed by atoms with Gasteiger partial charge in [0.05, 0.1) is 6.10 Å². The van der Waals surface area contributed by atoms with Crippen molar-refractivity contribution in [3.63, 3.8) is 0 Å². The Hall–Kier alpha value is -1.88. The van der Waals surface area contributed by atoms with E-state index in [4.69, 9.17) is 0 Å². The summed E-state index contributed by atoms with van der Waals surface area (Å²) in [7, 11) is 0. The molecule has 22 heavy (non-hydrogen) atoms. The fourth-order valence-electron chi connectivity index (χ4n) is 2.70. The summed E-state index contributed by atoms with van der Waals surface area (Å²) in [6, 6.07) is 6.75. The molecule has 120 valence electrons. The standard InChI is InChI=1S/C17H24N2O3/c1-11(2)15(17(22)19-9-8-13(20)10-19)18-16(21)14-7-5-4-6-12(14)3/h4-7,11,13,15,20H,8-10H2,1-3H3,(H,18,21)/t13-,15?/m1/s1.